The summed E-state index contributed by atoms with van der Waals surface area (Å²) in [4.78, 5) is 18.9. The molecule has 1 atom stereocenters. The molecule has 2 aromatic carbocycles. The van der Waals surface area contributed by atoms with Crippen molar-refractivity contribution in [1.82, 2.24) is 9.29 Å². The van der Waals surface area contributed by atoms with E-state index in [4.69, 9.17) is 10.5 Å². The van der Waals surface area contributed by atoms with Crippen molar-refractivity contribution in [2.45, 2.75) is 44.6 Å². The van der Waals surface area contributed by atoms with Gasteiger partial charge >= 0.3 is 5.97 Å². The minimum absolute atomic E-state index is 0.140. The normalized spacial score (nSPS) is 15.8. The molecule has 0 amide bonds. The molecule has 1 aromatic heterocycles. The third-order valence-electron chi connectivity index (χ3n) is 7.48. The maximum absolute atomic E-state index is 13.7. The van der Waals surface area contributed by atoms with Crippen LogP contribution in [0.5, 0.6) is 0 Å². The lowest BCUT2D eigenvalue weighted by Gasteiger charge is -2.24. The largest absolute Gasteiger partial charge is 0.466 e. The third-order valence-corrected chi connectivity index (χ3v) is 9.34. The predicted molar refractivity (Wildman–Crippen MR) is 155 cm³/mol. The Hall–Kier alpha value is -3.63. The minimum atomic E-state index is -3.77. The molecule has 4 rings (SSSR count). The number of nitrogens with zero attached hydrogens (tertiary/aromatic N) is 3. The van der Waals surface area contributed by atoms with Crippen molar-refractivity contribution in [1.29, 1.82) is 0 Å². The van der Waals surface area contributed by atoms with Crippen LogP contribution in [0.25, 0.3) is 0 Å². The Morgan fingerprint density at radius 1 is 1.18 bits per heavy atom. The summed E-state index contributed by atoms with van der Waals surface area (Å²) >= 11 is 0. The van der Waals surface area contributed by atoms with Crippen molar-refractivity contribution < 1.29 is 17.9 Å². The summed E-state index contributed by atoms with van der Waals surface area (Å²) in [5.41, 5.74) is 13.1. The summed E-state index contributed by atoms with van der Waals surface area (Å²) in [6.45, 7) is 7.09. The summed E-state index contributed by atoms with van der Waals surface area (Å²) < 4.78 is 34.1. The monoisotopic (exact) mass is 551 g/mol. The van der Waals surface area contributed by atoms with Crippen LogP contribution in [0.3, 0.4) is 0 Å². The summed E-state index contributed by atoms with van der Waals surface area (Å²) in [6.07, 6.45) is 3.16. The molecule has 0 aliphatic carbocycles. The number of hydrogen-bond acceptors (Lipinski definition) is 8. The highest BCUT2D eigenvalue weighted by Crippen LogP contribution is 2.37. The predicted octanol–water partition coefficient (Wildman–Crippen LogP) is 4.05. The molecule has 0 bridgehead atoms. The van der Waals surface area contributed by atoms with E-state index in [1.54, 1.807) is 19.2 Å². The van der Waals surface area contributed by atoms with Gasteiger partial charge in [-0.2, -0.15) is 4.31 Å². The number of carbonyl (C=O) groups excluding carboxylic acids is 1. The first-order chi connectivity index (χ1) is 18.6. The Bertz CT molecular complexity index is 1470. The average molecular weight is 552 g/mol. The SMILES string of the molecule is CCOC(=O)CC(c1ccc(C)c(CN2CCN(C)c3ccncc3S2(=O)=O)c1)c1ccc(NC)c(N)c1C. The molecule has 39 heavy (non-hydrogen) atoms. The highest BCUT2D eigenvalue weighted by molar-refractivity contribution is 7.89. The fourth-order valence-electron chi connectivity index (χ4n) is 5.10. The van der Waals surface area contributed by atoms with Crippen LogP contribution in [0.1, 0.15) is 47.1 Å². The zero-order chi connectivity index (χ0) is 28.3. The number of anilines is 3. The smallest absolute Gasteiger partial charge is 0.306 e. The van der Waals surface area contributed by atoms with Crippen molar-refractivity contribution in [3.63, 3.8) is 0 Å². The number of nitrogens with two attached hydrogens (primary N) is 1. The number of ether oxygens (including phenoxy) is 1. The standard InChI is InChI=1S/C29H37N5O4S/c1-6-38-28(35)16-24(23-9-10-25(31-4)29(30)20(23)3)21-8-7-19(2)22(15-21)18-34-14-13-33(5)26-11-12-32-17-27(26)39(34,36)37/h7-12,15,17,24,31H,6,13-14,16,18,30H2,1-5H3. The molecule has 10 heteroatoms. The lowest BCUT2D eigenvalue weighted by atomic mass is 9.84. The first-order valence-corrected chi connectivity index (χ1v) is 14.5. The first kappa shape index (κ1) is 28.4. The molecule has 0 fully saturated rings. The number of fused-ring (bicyclic) bond motifs is 1. The van der Waals surface area contributed by atoms with Crippen LogP contribution in [0.2, 0.25) is 0 Å². The zero-order valence-electron chi connectivity index (χ0n) is 23.2. The molecule has 9 nitrogen and oxygen atoms in total. The third kappa shape index (κ3) is 5.72. The van der Waals surface area contributed by atoms with E-state index in [1.165, 1.54) is 10.5 Å². The second-order valence-corrected chi connectivity index (χ2v) is 11.7. The minimum Gasteiger partial charge on any atom is -0.466 e. The van der Waals surface area contributed by atoms with Gasteiger partial charge in [0.25, 0.3) is 0 Å². The fourth-order valence-corrected chi connectivity index (χ4v) is 6.69. The first-order valence-electron chi connectivity index (χ1n) is 13.1. The number of carbonyl (C=O) groups is 1. The number of benzene rings is 2. The van der Waals surface area contributed by atoms with Crippen LogP contribution < -0.4 is 16.0 Å². The topological polar surface area (TPSA) is 118 Å². The van der Waals surface area contributed by atoms with Crippen LogP contribution in [-0.2, 0) is 26.1 Å². The fraction of sp³-hybridized carbons (Fsp3) is 0.379. The number of nitrogen functional groups attached to an aromatic ring is 1. The van der Waals surface area contributed by atoms with Crippen molar-refractivity contribution in [2.75, 3.05) is 49.7 Å². The number of esters is 1. The molecule has 3 aromatic rings. The number of aryl methyl sites for hydroxylation is 1. The highest BCUT2D eigenvalue weighted by atomic mass is 32.2. The second kappa shape index (κ2) is 11.6. The number of hydrogen-bond donors (Lipinski definition) is 2. The van der Waals surface area contributed by atoms with E-state index < -0.39 is 10.0 Å². The maximum atomic E-state index is 13.7. The van der Waals surface area contributed by atoms with E-state index in [0.717, 1.165) is 33.5 Å². The Morgan fingerprint density at radius 3 is 2.67 bits per heavy atom. The Labute approximate surface area is 231 Å². The molecule has 0 radical (unpaired) electrons. The molecule has 1 unspecified atom stereocenters. The van der Waals surface area contributed by atoms with Gasteiger partial charge in [-0.25, -0.2) is 8.42 Å². The van der Waals surface area contributed by atoms with Gasteiger partial charge in [0, 0.05) is 52.0 Å². The summed E-state index contributed by atoms with van der Waals surface area (Å²) in [7, 11) is -0.0655. The second-order valence-electron chi connectivity index (χ2n) is 9.84. The van der Waals surface area contributed by atoms with Crippen molar-refractivity contribution in [3.05, 3.63) is 76.6 Å². The van der Waals surface area contributed by atoms with Gasteiger partial charge in [0.1, 0.15) is 4.90 Å². The van der Waals surface area contributed by atoms with E-state index in [2.05, 4.69) is 10.3 Å². The molecule has 0 saturated carbocycles. The summed E-state index contributed by atoms with van der Waals surface area (Å²) in [6, 6.07) is 11.6. The van der Waals surface area contributed by atoms with Gasteiger partial charge in [0.05, 0.1) is 30.1 Å². The summed E-state index contributed by atoms with van der Waals surface area (Å²) in [5, 5.41) is 3.10. The quantitative estimate of drug-likeness (QED) is 0.318. The molecule has 3 N–H and O–H groups in total. The Balaban J connectivity index is 1.75. The van der Waals surface area contributed by atoms with Crippen LogP contribution in [-0.4, -0.2) is 57.5 Å². The molecule has 208 valence electrons. The van der Waals surface area contributed by atoms with E-state index in [0.29, 0.717) is 31.1 Å². The molecule has 1 aliphatic rings. The van der Waals surface area contributed by atoms with Gasteiger partial charge in [-0.1, -0.05) is 24.3 Å². The summed E-state index contributed by atoms with van der Waals surface area (Å²) in [5.74, 6) is -0.615. The number of likely N-dealkylation sites (N-methyl/N-ethyl adjacent to an activating group) is 1. The Morgan fingerprint density at radius 2 is 1.95 bits per heavy atom. The lowest BCUT2D eigenvalue weighted by Crippen LogP contribution is -2.33. The van der Waals surface area contributed by atoms with Crippen LogP contribution >= 0.6 is 0 Å². The number of nitrogens with one attached hydrogen (secondary N) is 1. The van der Waals surface area contributed by atoms with E-state index in [9.17, 15) is 13.2 Å². The molecule has 1 aliphatic heterocycles. The van der Waals surface area contributed by atoms with Gasteiger partial charge in [-0.3, -0.25) is 9.78 Å². The van der Waals surface area contributed by atoms with Crippen LogP contribution in [0, 0.1) is 13.8 Å². The van der Waals surface area contributed by atoms with Crippen LogP contribution in [0.15, 0.2) is 53.7 Å². The average Bonchev–Trinajstić information content (AvgIpc) is 3.00. The maximum Gasteiger partial charge on any atom is 0.306 e. The molecular weight excluding hydrogens is 514 g/mol. The van der Waals surface area contributed by atoms with E-state index in [-0.39, 0.29) is 29.7 Å². The number of aromatic nitrogens is 1. The van der Waals surface area contributed by atoms with E-state index in [1.807, 2.05) is 63.2 Å². The van der Waals surface area contributed by atoms with Gasteiger partial charge in [0.2, 0.25) is 10.0 Å². The van der Waals surface area contributed by atoms with Gasteiger partial charge in [-0.05, 0) is 60.7 Å². The van der Waals surface area contributed by atoms with Gasteiger partial charge in [0.15, 0.2) is 0 Å². The van der Waals surface area contributed by atoms with Crippen molar-refractivity contribution in [2.24, 2.45) is 0 Å². The van der Waals surface area contributed by atoms with Crippen LogP contribution in [0.4, 0.5) is 17.1 Å². The number of pyridine rings is 1. The molecule has 0 spiro atoms. The number of sulfonamides is 1. The molecule has 0 saturated heterocycles. The van der Waals surface area contributed by atoms with Gasteiger partial charge in [-0.15, -0.1) is 0 Å². The molecular formula is C29H37N5O4S. The van der Waals surface area contributed by atoms with Gasteiger partial charge < -0.3 is 20.7 Å². The van der Waals surface area contributed by atoms with E-state index >= 15 is 0 Å². The lowest BCUT2D eigenvalue weighted by molar-refractivity contribution is -0.143. The zero-order valence-corrected chi connectivity index (χ0v) is 24.0. The highest BCUT2D eigenvalue weighted by Gasteiger charge is 2.32. The molecule has 2 heterocycles. The van der Waals surface area contributed by atoms with Crippen molar-refractivity contribution >= 4 is 33.1 Å². The van der Waals surface area contributed by atoms with Crippen molar-refractivity contribution in [3.8, 4) is 0 Å². The Kier molecular flexibility index (Phi) is 8.46. The number of rotatable bonds is 8.